The molecule has 0 spiro atoms. The molecule has 1 aliphatic heterocycles. The largest absolute Gasteiger partial charge is 0.378 e. The minimum absolute atomic E-state index is 0.00931. The van der Waals surface area contributed by atoms with Crippen LogP contribution in [0.1, 0.15) is 37.5 Å². The van der Waals surface area contributed by atoms with E-state index in [2.05, 4.69) is 37.9 Å². The highest BCUT2D eigenvalue weighted by atomic mass is 35.5. The molecule has 2 aromatic rings. The van der Waals surface area contributed by atoms with Crippen LogP contribution in [0.2, 0.25) is 5.15 Å². The van der Waals surface area contributed by atoms with Crippen molar-refractivity contribution < 1.29 is 9.53 Å². The first-order valence-corrected chi connectivity index (χ1v) is 9.54. The third-order valence-electron chi connectivity index (χ3n) is 4.65. The van der Waals surface area contributed by atoms with E-state index in [1.165, 1.54) is 5.56 Å². The van der Waals surface area contributed by atoms with Crippen molar-refractivity contribution in [2.75, 3.05) is 26.3 Å². The van der Waals surface area contributed by atoms with Crippen LogP contribution in [0.4, 0.5) is 0 Å². The summed E-state index contributed by atoms with van der Waals surface area (Å²) in [4.78, 5) is 18.9. The fourth-order valence-corrected chi connectivity index (χ4v) is 3.43. The number of benzene rings is 1. The smallest absolute Gasteiger partial charge is 0.247 e. The maximum atomic E-state index is 12.9. The molecule has 0 bridgehead atoms. The van der Waals surface area contributed by atoms with Crippen LogP contribution >= 0.6 is 11.6 Å². The normalized spacial score (nSPS) is 15.7. The lowest BCUT2D eigenvalue weighted by Crippen LogP contribution is -2.39. The zero-order valence-corrected chi connectivity index (χ0v) is 16.8. The summed E-state index contributed by atoms with van der Waals surface area (Å²) in [7, 11) is 0. The van der Waals surface area contributed by atoms with Gasteiger partial charge in [0.25, 0.3) is 0 Å². The summed E-state index contributed by atoms with van der Waals surface area (Å²) in [6, 6.07) is 11.9. The second kappa shape index (κ2) is 8.24. The molecule has 0 aliphatic carbocycles. The van der Waals surface area contributed by atoms with Crippen molar-refractivity contribution in [3.63, 3.8) is 0 Å². The van der Waals surface area contributed by atoms with E-state index in [0.29, 0.717) is 31.5 Å². The third-order valence-corrected chi connectivity index (χ3v) is 4.86. The molecule has 1 aliphatic rings. The number of halogens is 1. The highest BCUT2D eigenvalue weighted by Gasteiger charge is 2.22. The van der Waals surface area contributed by atoms with E-state index < -0.39 is 0 Å². The van der Waals surface area contributed by atoms with Gasteiger partial charge in [-0.1, -0.05) is 56.6 Å². The van der Waals surface area contributed by atoms with Gasteiger partial charge in [-0.25, -0.2) is 4.98 Å². The van der Waals surface area contributed by atoms with Gasteiger partial charge < -0.3 is 9.64 Å². The first-order valence-electron chi connectivity index (χ1n) is 9.16. The van der Waals surface area contributed by atoms with Crippen LogP contribution in [0.3, 0.4) is 0 Å². The van der Waals surface area contributed by atoms with Gasteiger partial charge in [0.2, 0.25) is 5.91 Å². The molecule has 0 saturated carbocycles. The van der Waals surface area contributed by atoms with Gasteiger partial charge in [0.1, 0.15) is 5.15 Å². The molecule has 27 heavy (non-hydrogen) atoms. The van der Waals surface area contributed by atoms with Gasteiger partial charge in [-0.3, -0.25) is 4.79 Å². The number of pyridine rings is 1. The van der Waals surface area contributed by atoms with Crippen molar-refractivity contribution in [2.45, 2.75) is 26.2 Å². The highest BCUT2D eigenvalue weighted by Crippen LogP contribution is 2.34. The molecule has 0 N–H and O–H groups in total. The van der Waals surface area contributed by atoms with Crippen LogP contribution in [-0.4, -0.2) is 42.1 Å². The average molecular weight is 385 g/mol. The molecule has 0 radical (unpaired) electrons. The first-order chi connectivity index (χ1) is 12.9. The predicted molar refractivity (Wildman–Crippen MR) is 109 cm³/mol. The van der Waals surface area contributed by atoms with Gasteiger partial charge in [0.05, 0.1) is 13.2 Å². The molecule has 3 rings (SSSR count). The predicted octanol–water partition coefficient (Wildman–Crippen LogP) is 4.32. The van der Waals surface area contributed by atoms with Crippen LogP contribution < -0.4 is 0 Å². The minimum atomic E-state index is -0.0610. The van der Waals surface area contributed by atoms with Crippen molar-refractivity contribution >= 4 is 23.1 Å². The highest BCUT2D eigenvalue weighted by molar-refractivity contribution is 6.29. The second-order valence-electron chi connectivity index (χ2n) is 7.66. The number of morpholine rings is 1. The number of aromatic nitrogens is 1. The van der Waals surface area contributed by atoms with Crippen LogP contribution in [0.5, 0.6) is 0 Å². The number of carbonyl (C=O) groups excluding carboxylic acids is 1. The Hall–Kier alpha value is -2.17. The molecule has 0 atom stereocenters. The van der Waals surface area contributed by atoms with Crippen molar-refractivity contribution in [3.05, 3.63) is 70.5 Å². The van der Waals surface area contributed by atoms with E-state index in [4.69, 9.17) is 16.3 Å². The zero-order valence-electron chi connectivity index (χ0n) is 16.0. The quantitative estimate of drug-likeness (QED) is 0.584. The minimum Gasteiger partial charge on any atom is -0.378 e. The third kappa shape index (κ3) is 4.76. The summed E-state index contributed by atoms with van der Waals surface area (Å²) in [5.41, 5.74) is 3.90. The van der Waals surface area contributed by atoms with Crippen molar-refractivity contribution in [1.82, 2.24) is 9.88 Å². The lowest BCUT2D eigenvalue weighted by atomic mass is 9.80. The molecule has 1 saturated heterocycles. The maximum Gasteiger partial charge on any atom is 0.247 e. The van der Waals surface area contributed by atoms with Gasteiger partial charge in [-0.15, -0.1) is 0 Å². The summed E-state index contributed by atoms with van der Waals surface area (Å²) in [5.74, 6) is -0.00931. The Labute approximate surface area is 165 Å². The molecule has 0 unspecified atom stereocenters. The number of rotatable bonds is 3. The van der Waals surface area contributed by atoms with E-state index in [9.17, 15) is 4.79 Å². The van der Waals surface area contributed by atoms with Crippen molar-refractivity contribution in [1.29, 1.82) is 0 Å². The Morgan fingerprint density at radius 3 is 2.56 bits per heavy atom. The SMILES string of the molecule is CC(C)(C)c1ccccc1/C(=C/C(=O)N1CCOCC1)c1ccnc(Cl)c1. The first kappa shape index (κ1) is 19.6. The molecule has 1 fully saturated rings. The molecular weight excluding hydrogens is 360 g/mol. The van der Waals surface area contributed by atoms with E-state index in [-0.39, 0.29) is 11.3 Å². The Bertz CT molecular complexity index is 849. The van der Waals surface area contributed by atoms with Crippen molar-refractivity contribution in [3.8, 4) is 0 Å². The van der Waals surface area contributed by atoms with Gasteiger partial charge >= 0.3 is 0 Å². The van der Waals surface area contributed by atoms with Crippen molar-refractivity contribution in [2.24, 2.45) is 0 Å². The summed E-state index contributed by atoms with van der Waals surface area (Å²) in [6.07, 6.45) is 3.39. The fraction of sp³-hybridized carbons (Fsp3) is 0.364. The summed E-state index contributed by atoms with van der Waals surface area (Å²) >= 11 is 6.14. The Kier molecular flexibility index (Phi) is 5.98. The van der Waals surface area contributed by atoms with Gasteiger partial charge in [-0.2, -0.15) is 0 Å². The number of amides is 1. The maximum absolute atomic E-state index is 12.9. The van der Waals surface area contributed by atoms with Gasteiger partial charge in [-0.05, 0) is 39.8 Å². The molecule has 2 heterocycles. The van der Waals surface area contributed by atoms with Gasteiger partial charge in [0.15, 0.2) is 0 Å². The van der Waals surface area contributed by atoms with E-state index >= 15 is 0 Å². The Morgan fingerprint density at radius 2 is 1.89 bits per heavy atom. The summed E-state index contributed by atoms with van der Waals surface area (Å²) in [6.45, 7) is 8.90. The average Bonchev–Trinajstić information content (AvgIpc) is 2.66. The second-order valence-corrected chi connectivity index (χ2v) is 8.05. The Balaban J connectivity index is 2.12. The lowest BCUT2D eigenvalue weighted by molar-refractivity contribution is -0.129. The molecule has 1 aromatic heterocycles. The van der Waals surface area contributed by atoms with Gasteiger partial charge in [0, 0.05) is 25.4 Å². The zero-order chi connectivity index (χ0) is 19.4. The molecule has 4 nitrogen and oxygen atoms in total. The van der Waals surface area contributed by atoms with E-state index in [1.54, 1.807) is 18.3 Å². The van der Waals surface area contributed by atoms with E-state index in [1.807, 2.05) is 23.1 Å². The number of hydrogen-bond acceptors (Lipinski definition) is 3. The standard InChI is InChI=1S/C22H25ClN2O2/c1-22(2,3)19-7-5-4-6-17(19)18(16-8-9-24-20(23)14-16)15-21(26)25-10-12-27-13-11-25/h4-9,14-15H,10-13H2,1-3H3/b18-15+. The molecule has 142 valence electrons. The number of hydrogen-bond donors (Lipinski definition) is 0. The topological polar surface area (TPSA) is 42.4 Å². The number of carbonyl (C=O) groups is 1. The molecular formula is C22H25ClN2O2. The van der Waals surface area contributed by atoms with Crippen LogP contribution in [0, 0.1) is 0 Å². The fourth-order valence-electron chi connectivity index (χ4n) is 3.26. The molecule has 5 heteroatoms. The Morgan fingerprint density at radius 1 is 1.19 bits per heavy atom. The molecule has 1 amide bonds. The number of ether oxygens (including phenoxy) is 1. The lowest BCUT2D eigenvalue weighted by Gasteiger charge is -2.27. The summed E-state index contributed by atoms with van der Waals surface area (Å²) in [5, 5.41) is 0.408. The van der Waals surface area contributed by atoms with E-state index in [0.717, 1.165) is 16.7 Å². The number of nitrogens with zero attached hydrogens (tertiary/aromatic N) is 2. The monoisotopic (exact) mass is 384 g/mol. The summed E-state index contributed by atoms with van der Waals surface area (Å²) < 4.78 is 5.36. The van der Waals surface area contributed by atoms with Crippen LogP contribution in [-0.2, 0) is 14.9 Å². The van der Waals surface area contributed by atoms with Crippen LogP contribution in [0.15, 0.2) is 48.7 Å². The molecule has 1 aromatic carbocycles. The van der Waals surface area contributed by atoms with Crippen LogP contribution in [0.25, 0.3) is 5.57 Å².